The minimum absolute atomic E-state index is 0.00691. The summed E-state index contributed by atoms with van der Waals surface area (Å²) in [4.78, 5) is 19.8. The van der Waals surface area contributed by atoms with E-state index in [2.05, 4.69) is 20.0 Å². The van der Waals surface area contributed by atoms with E-state index >= 15 is 0 Å². The van der Waals surface area contributed by atoms with Crippen LogP contribution in [0.5, 0.6) is 0 Å². The number of pyridine rings is 1. The van der Waals surface area contributed by atoms with Crippen molar-refractivity contribution >= 4 is 28.2 Å². The smallest absolute Gasteiger partial charge is 0.410 e. The molecular formula is C15H22FN5O3S. The largest absolute Gasteiger partial charge is 0.465 e. The molecule has 0 spiro atoms. The Morgan fingerprint density at radius 2 is 2.20 bits per heavy atom. The lowest BCUT2D eigenvalue weighted by atomic mass is 9.96. The Labute approximate surface area is 146 Å². The Hall–Kier alpha value is -1.91. The van der Waals surface area contributed by atoms with Crippen molar-refractivity contribution in [3.63, 3.8) is 0 Å². The third-order valence-corrected chi connectivity index (χ3v) is 8.42. The number of halogens is 1. The highest BCUT2D eigenvalue weighted by Crippen LogP contribution is 2.62. The second kappa shape index (κ2) is 5.82. The third-order valence-electron chi connectivity index (χ3n) is 4.87. The number of rotatable bonds is 1. The van der Waals surface area contributed by atoms with Gasteiger partial charge in [0.25, 0.3) is 0 Å². The van der Waals surface area contributed by atoms with Gasteiger partial charge in [-0.25, -0.2) is 14.2 Å². The van der Waals surface area contributed by atoms with E-state index in [4.69, 9.17) is 5.73 Å². The summed E-state index contributed by atoms with van der Waals surface area (Å²) in [5.74, 6) is -0.221. The molecule has 10 heteroatoms. The number of anilines is 1. The number of carbonyl (C=O) groups is 1. The van der Waals surface area contributed by atoms with Gasteiger partial charge < -0.3 is 15.4 Å². The van der Waals surface area contributed by atoms with Gasteiger partial charge in [0.15, 0.2) is 0 Å². The molecule has 3 atom stereocenters. The van der Waals surface area contributed by atoms with Crippen LogP contribution in [0.2, 0.25) is 0 Å². The first-order valence-electron chi connectivity index (χ1n) is 7.90. The molecule has 2 aliphatic heterocycles. The fourth-order valence-corrected chi connectivity index (χ4v) is 6.64. The van der Waals surface area contributed by atoms with Gasteiger partial charge in [-0.15, -0.1) is 0 Å². The highest BCUT2D eigenvalue weighted by Gasteiger charge is 2.56. The van der Waals surface area contributed by atoms with Crippen LogP contribution in [0.4, 0.5) is 15.0 Å². The van der Waals surface area contributed by atoms with E-state index in [1.165, 1.54) is 12.1 Å². The zero-order chi connectivity index (χ0) is 18.5. The predicted molar refractivity (Wildman–Crippen MR) is 95.3 cm³/mol. The number of nitrogens with zero attached hydrogens (tertiary/aromatic N) is 2. The maximum absolute atomic E-state index is 14.4. The number of aliphatic imine (C=N–C) groups is 1. The van der Waals surface area contributed by atoms with Crippen LogP contribution < -0.4 is 15.8 Å². The number of hydrogen-bond donors (Lipinski definition) is 5. The lowest BCUT2D eigenvalue weighted by molar-refractivity contribution is 0.199. The molecule has 0 radical (unpaired) electrons. The van der Waals surface area contributed by atoms with E-state index in [0.717, 1.165) is 6.42 Å². The highest BCUT2D eigenvalue weighted by molar-refractivity contribution is 8.29. The van der Waals surface area contributed by atoms with Crippen LogP contribution in [0.3, 0.4) is 0 Å². The molecule has 3 rings (SSSR count). The zero-order valence-corrected chi connectivity index (χ0v) is 14.9. The SMILES string of the molecule is C[C@@]1(c2nc(N)ccc2F)CS2(O)NCCC[C@]2(C)C(NC(=O)O)=N1. The lowest BCUT2D eigenvalue weighted by Gasteiger charge is -2.58. The second-order valence-electron chi connectivity index (χ2n) is 6.81. The first kappa shape index (κ1) is 17.9. The lowest BCUT2D eigenvalue weighted by Crippen LogP contribution is -2.61. The first-order chi connectivity index (χ1) is 11.6. The molecular weight excluding hydrogens is 349 g/mol. The van der Waals surface area contributed by atoms with E-state index in [-0.39, 0.29) is 23.1 Å². The quantitative estimate of drug-likeness (QED) is 0.513. The van der Waals surface area contributed by atoms with E-state index in [1.807, 2.05) is 0 Å². The molecule has 1 unspecified atom stereocenters. The highest BCUT2D eigenvalue weighted by atomic mass is 32.3. The minimum atomic E-state index is -2.52. The van der Waals surface area contributed by atoms with Crippen molar-refractivity contribution in [2.45, 2.75) is 37.0 Å². The summed E-state index contributed by atoms with van der Waals surface area (Å²) in [6.07, 6.45) is 0.0688. The molecule has 0 aliphatic carbocycles. The van der Waals surface area contributed by atoms with E-state index in [9.17, 15) is 18.8 Å². The Morgan fingerprint density at radius 3 is 2.88 bits per heavy atom. The molecule has 138 valence electrons. The minimum Gasteiger partial charge on any atom is -0.465 e. The van der Waals surface area contributed by atoms with Crippen molar-refractivity contribution in [1.29, 1.82) is 0 Å². The van der Waals surface area contributed by atoms with Crippen LogP contribution in [0.1, 0.15) is 32.4 Å². The molecule has 1 saturated heterocycles. The van der Waals surface area contributed by atoms with Crippen LogP contribution in [-0.2, 0) is 5.54 Å². The summed E-state index contributed by atoms with van der Waals surface area (Å²) < 4.78 is 28.1. The zero-order valence-electron chi connectivity index (χ0n) is 14.0. The molecule has 3 heterocycles. The molecule has 0 saturated carbocycles. The maximum atomic E-state index is 14.4. The number of nitrogen functional groups attached to an aromatic ring is 1. The summed E-state index contributed by atoms with van der Waals surface area (Å²) in [6.45, 7) is 4.01. The fourth-order valence-electron chi connectivity index (χ4n) is 3.51. The van der Waals surface area contributed by atoms with Crippen LogP contribution in [0.15, 0.2) is 17.1 Å². The molecule has 2 aliphatic rings. The molecule has 1 amide bonds. The number of nitrogens with two attached hydrogens (primary N) is 1. The van der Waals surface area contributed by atoms with Gasteiger partial charge in [0.05, 0.1) is 4.75 Å². The Bertz CT molecular complexity index is 763. The molecule has 1 fully saturated rings. The topological polar surface area (TPSA) is 133 Å². The van der Waals surface area contributed by atoms with Crippen molar-refractivity contribution in [1.82, 2.24) is 15.0 Å². The number of amidine groups is 1. The molecule has 25 heavy (non-hydrogen) atoms. The number of fused-ring (bicyclic) bond motifs is 1. The van der Waals surface area contributed by atoms with Crippen molar-refractivity contribution < 1.29 is 18.8 Å². The molecule has 0 aromatic carbocycles. The number of hydrogen-bond acceptors (Lipinski definition) is 6. The average molecular weight is 371 g/mol. The first-order valence-corrected chi connectivity index (χ1v) is 9.66. The average Bonchev–Trinajstić information content (AvgIpc) is 2.50. The summed E-state index contributed by atoms with van der Waals surface area (Å²) in [5, 5.41) is 11.5. The van der Waals surface area contributed by atoms with Gasteiger partial charge in [0, 0.05) is 12.3 Å². The molecule has 1 aromatic rings. The summed E-state index contributed by atoms with van der Waals surface area (Å²) in [6, 6.07) is 2.54. The van der Waals surface area contributed by atoms with Gasteiger partial charge in [-0.05, 0) is 38.8 Å². The predicted octanol–water partition coefficient (Wildman–Crippen LogP) is 2.03. The van der Waals surface area contributed by atoms with Gasteiger partial charge in [0.2, 0.25) is 0 Å². The number of nitrogens with one attached hydrogen (secondary N) is 2. The molecule has 6 N–H and O–H groups in total. The maximum Gasteiger partial charge on any atom is 0.410 e. The van der Waals surface area contributed by atoms with Crippen LogP contribution in [-0.4, -0.2) is 43.6 Å². The van der Waals surface area contributed by atoms with Gasteiger partial charge in [-0.2, -0.15) is 0 Å². The van der Waals surface area contributed by atoms with E-state index in [1.54, 1.807) is 13.8 Å². The second-order valence-corrected chi connectivity index (χ2v) is 9.69. The number of aromatic nitrogens is 1. The fraction of sp³-hybridized carbons (Fsp3) is 0.533. The van der Waals surface area contributed by atoms with Crippen molar-refractivity contribution in [3.05, 3.63) is 23.6 Å². The summed E-state index contributed by atoms with van der Waals surface area (Å²) >= 11 is 0. The van der Waals surface area contributed by atoms with Crippen molar-refractivity contribution in [2.75, 3.05) is 18.0 Å². The summed E-state index contributed by atoms with van der Waals surface area (Å²) in [5.41, 5.74) is 4.44. The number of amides is 1. The monoisotopic (exact) mass is 371 g/mol. The van der Waals surface area contributed by atoms with Crippen LogP contribution >= 0.6 is 10.5 Å². The normalized spacial score (nSPS) is 37.4. The Balaban J connectivity index is 2.19. The summed E-state index contributed by atoms with van der Waals surface area (Å²) in [7, 11) is -2.52. The van der Waals surface area contributed by atoms with Gasteiger partial charge in [-0.3, -0.25) is 15.0 Å². The standard InChI is InChI=1S/C15H22FN5O3S/c1-14(11-9(16)4-5-10(17)19-11)8-25(24)15(2,6-3-7-18-25)12(21-14)20-13(22)23/h4-5,18,24H,3,6-8H2,1-2H3,(H2,17,19)(H,20,21)(H,22,23)/t14-,15+/m0/s1. The van der Waals surface area contributed by atoms with Crippen molar-refractivity contribution in [2.24, 2.45) is 4.99 Å². The van der Waals surface area contributed by atoms with Crippen molar-refractivity contribution in [3.8, 4) is 0 Å². The van der Waals surface area contributed by atoms with Gasteiger partial charge >= 0.3 is 6.09 Å². The third kappa shape index (κ3) is 2.83. The van der Waals surface area contributed by atoms with Gasteiger partial charge in [-0.1, -0.05) is 10.5 Å². The molecule has 8 nitrogen and oxygen atoms in total. The van der Waals surface area contributed by atoms with Gasteiger partial charge in [0.1, 0.15) is 28.7 Å². The Morgan fingerprint density at radius 1 is 1.48 bits per heavy atom. The number of carboxylic acid groups (broad SMARTS) is 1. The van der Waals surface area contributed by atoms with E-state index in [0.29, 0.717) is 13.0 Å². The van der Waals surface area contributed by atoms with Crippen LogP contribution in [0, 0.1) is 5.82 Å². The molecule has 0 bridgehead atoms. The van der Waals surface area contributed by atoms with E-state index < -0.39 is 32.7 Å². The molecule has 1 aromatic heterocycles. The Kier molecular flexibility index (Phi) is 4.17. The van der Waals surface area contributed by atoms with Crippen LogP contribution in [0.25, 0.3) is 0 Å².